The summed E-state index contributed by atoms with van der Waals surface area (Å²) in [6, 6.07) is 43.3. The van der Waals surface area contributed by atoms with Crippen molar-refractivity contribution in [1.82, 2.24) is 60.4 Å². The molecule has 1 aliphatic rings. The number of halogens is 4. The first-order valence-electron chi connectivity index (χ1n) is 39.6. The summed E-state index contributed by atoms with van der Waals surface area (Å²) in [5.41, 5.74) is 9.53. The Morgan fingerprint density at radius 1 is 0.632 bits per heavy atom. The van der Waals surface area contributed by atoms with Crippen LogP contribution in [0.15, 0.2) is 188 Å². The number of hydrogen-bond donors (Lipinski definition) is 10. The van der Waals surface area contributed by atoms with Gasteiger partial charge in [-0.2, -0.15) is 23.3 Å². The zero-order valence-corrected chi connectivity index (χ0v) is 77.1. The van der Waals surface area contributed by atoms with Crippen molar-refractivity contribution in [3.8, 4) is 17.1 Å². The SMILES string of the molecule is CCP(=O)(CC)c1ccc(Nc2ncc(C(F)(F)F)c(-c3csc(NC(=O)C4CCNCC4)n3)n2)cc1.COc1cnc(Nc2cccc(CP(C)(C)=O)c2)cc1Nc1cn[nH]c1C(C)(C)C.CP(C)(=O)c1ccc(Nc2ncc([N+](=O)[O-])c(NCc3cccnc3)n2)cc1.Cc1nc2cc(Nc3cc(Nc4cccc(CP(C)(C)=O)c4)ncc3Cl)ccc2s1. The average Bonchev–Trinajstić information content (AvgIpc) is 1.78. The number of piperidine rings is 1. The highest BCUT2D eigenvalue weighted by Crippen LogP contribution is 2.46. The summed E-state index contributed by atoms with van der Waals surface area (Å²) in [5, 5.41) is 51.4. The second-order valence-corrected chi connectivity index (χ2v) is 47.8. The third-order valence-electron chi connectivity index (χ3n) is 19.2. The monoisotopic (exact) mass is 1830 g/mol. The second kappa shape index (κ2) is 41.6. The van der Waals surface area contributed by atoms with Gasteiger partial charge in [0.25, 0.3) is 0 Å². The van der Waals surface area contributed by atoms with Gasteiger partial charge < -0.3 is 70.8 Å². The molecular formula is C86H99ClF3N21O8P4S2. The van der Waals surface area contributed by atoms with Gasteiger partial charge in [-0.3, -0.25) is 25.0 Å². The van der Waals surface area contributed by atoms with Gasteiger partial charge in [0.05, 0.1) is 87.9 Å². The molecule has 0 bridgehead atoms. The molecular weight excluding hydrogens is 1740 g/mol. The van der Waals surface area contributed by atoms with Crippen LogP contribution < -0.4 is 63.2 Å². The number of alkyl halides is 3. The zero-order valence-electron chi connectivity index (χ0n) is 71.1. The molecule has 10 N–H and O–H groups in total. The number of methoxy groups -OCH3 is 1. The Morgan fingerprint density at radius 2 is 1.22 bits per heavy atom. The number of pyridine rings is 3. The van der Waals surface area contributed by atoms with Gasteiger partial charge in [-0.05, 0) is 187 Å². The van der Waals surface area contributed by atoms with Crippen molar-refractivity contribution in [2.24, 2.45) is 5.92 Å². The number of nitrogens with zero attached hydrogens (tertiary/aromatic N) is 11. The van der Waals surface area contributed by atoms with Gasteiger partial charge in [0, 0.05) is 118 Å². The number of hydrogen-bond acceptors (Lipinski definition) is 28. The van der Waals surface area contributed by atoms with Gasteiger partial charge in [-0.1, -0.05) is 76.6 Å². The fourth-order valence-electron chi connectivity index (χ4n) is 12.9. The van der Waals surface area contributed by atoms with Gasteiger partial charge in [0.2, 0.25) is 23.6 Å². The first kappa shape index (κ1) is 94.3. The summed E-state index contributed by atoms with van der Waals surface area (Å²) in [6.45, 7) is 24.6. The molecule has 0 atom stereocenters. The highest BCUT2D eigenvalue weighted by atomic mass is 35.5. The van der Waals surface area contributed by atoms with E-state index in [2.05, 4.69) is 130 Å². The van der Waals surface area contributed by atoms with Gasteiger partial charge in [0.15, 0.2) is 10.9 Å². The van der Waals surface area contributed by atoms with E-state index in [1.54, 1.807) is 144 Å². The van der Waals surface area contributed by atoms with Gasteiger partial charge in [-0.15, -0.1) is 22.7 Å². The van der Waals surface area contributed by atoms with E-state index in [0.717, 1.165) is 113 Å². The minimum atomic E-state index is -4.70. The van der Waals surface area contributed by atoms with Crippen molar-refractivity contribution in [3.63, 3.8) is 0 Å². The molecule has 1 fully saturated rings. The number of H-pyrrole nitrogens is 1. The molecule has 13 aromatic rings. The molecule has 0 aliphatic carbocycles. The number of amides is 1. The number of aryl methyl sites for hydroxylation is 1. The fourth-order valence-corrected chi connectivity index (χ4v) is 19.5. The molecule has 14 rings (SSSR count). The summed E-state index contributed by atoms with van der Waals surface area (Å²) >= 11 is 9.09. The van der Waals surface area contributed by atoms with Crippen molar-refractivity contribution in [1.29, 1.82) is 0 Å². The van der Waals surface area contributed by atoms with Crippen molar-refractivity contribution < 1.29 is 45.9 Å². The maximum absolute atomic E-state index is 13.7. The van der Waals surface area contributed by atoms with E-state index >= 15 is 0 Å². The summed E-state index contributed by atoms with van der Waals surface area (Å²) in [7, 11) is -7.44. The van der Waals surface area contributed by atoms with Crippen LogP contribution in [-0.4, -0.2) is 138 Å². The Hall–Kier alpha value is -11.3. The van der Waals surface area contributed by atoms with Crippen LogP contribution in [0.5, 0.6) is 5.75 Å². The van der Waals surface area contributed by atoms with Crippen LogP contribution in [0.3, 0.4) is 0 Å². The number of carbonyl (C=O) groups excluding carboxylic acids is 1. The summed E-state index contributed by atoms with van der Waals surface area (Å²) in [6.07, 6.45) is 9.19. The predicted octanol–water partition coefficient (Wildman–Crippen LogP) is 21.7. The average molecular weight is 1840 g/mol. The molecule has 0 spiro atoms. The maximum atomic E-state index is 13.7. The number of nitrogens with one attached hydrogen (secondary N) is 10. The molecule has 0 saturated carbocycles. The minimum Gasteiger partial charge on any atom is -0.493 e. The Labute approximate surface area is 736 Å². The molecule has 0 unspecified atom stereocenters. The number of aromatic amines is 1. The van der Waals surface area contributed by atoms with E-state index in [9.17, 15) is 46.3 Å². The number of ether oxygens (including phenoxy) is 1. The van der Waals surface area contributed by atoms with E-state index in [1.807, 2.05) is 99.6 Å². The Morgan fingerprint density at radius 3 is 1.79 bits per heavy atom. The topological polar surface area (TPSA) is 391 Å². The van der Waals surface area contributed by atoms with E-state index in [0.29, 0.717) is 84.0 Å². The lowest BCUT2D eigenvalue weighted by atomic mass is 9.91. The van der Waals surface area contributed by atoms with Crippen LogP contribution in [0.25, 0.3) is 21.6 Å². The number of rotatable bonds is 28. The molecule has 656 valence electrons. The highest BCUT2D eigenvalue weighted by molar-refractivity contribution is 7.71. The number of thiazole rings is 2. The van der Waals surface area contributed by atoms with E-state index in [1.165, 1.54) is 5.38 Å². The van der Waals surface area contributed by atoms with E-state index in [-0.39, 0.29) is 57.2 Å². The van der Waals surface area contributed by atoms with Gasteiger partial charge >= 0.3 is 11.9 Å². The third-order valence-corrected chi connectivity index (χ3v) is 28.3. The number of anilines is 14. The predicted molar refractivity (Wildman–Crippen MR) is 503 cm³/mol. The van der Waals surface area contributed by atoms with Crippen molar-refractivity contribution >= 4 is 175 Å². The molecule has 5 aromatic carbocycles. The van der Waals surface area contributed by atoms with Crippen LogP contribution in [-0.2, 0) is 53.5 Å². The molecule has 1 amide bonds. The number of benzene rings is 5. The lowest BCUT2D eigenvalue weighted by Crippen LogP contribution is -2.34. The van der Waals surface area contributed by atoms with Crippen molar-refractivity contribution in [3.05, 3.63) is 236 Å². The molecule has 1 saturated heterocycles. The first-order chi connectivity index (χ1) is 59.2. The van der Waals surface area contributed by atoms with Crippen LogP contribution in [0.1, 0.15) is 80.4 Å². The minimum absolute atomic E-state index is 0.00874. The van der Waals surface area contributed by atoms with Crippen molar-refractivity contribution in [2.75, 3.05) is 115 Å². The van der Waals surface area contributed by atoms with Gasteiger partial charge in [-0.25, -0.2) is 34.9 Å². The Bertz CT molecular complexity index is 6120. The normalized spacial score (nSPS) is 12.6. The number of carbonyl (C=O) groups is 1. The molecule has 9 heterocycles. The first-order valence-corrected chi connectivity index (χ1v) is 52.0. The summed E-state index contributed by atoms with van der Waals surface area (Å²) < 4.78 is 97.2. The molecule has 29 nitrogen and oxygen atoms in total. The molecule has 8 aromatic heterocycles. The molecule has 0 radical (unpaired) electrons. The zero-order chi connectivity index (χ0) is 90.0. The van der Waals surface area contributed by atoms with E-state index < -0.39 is 45.2 Å². The second-order valence-electron chi connectivity index (χ2n) is 31.6. The molecule has 1 aliphatic heterocycles. The highest BCUT2D eigenvalue weighted by Gasteiger charge is 2.37. The molecule has 39 heteroatoms. The van der Waals surface area contributed by atoms with Crippen LogP contribution in [0, 0.1) is 23.0 Å². The van der Waals surface area contributed by atoms with Gasteiger partial charge in [0.1, 0.15) is 49.1 Å². The number of fused-ring (bicyclic) bond motifs is 1. The quantitative estimate of drug-likeness (QED) is 0.0124. The summed E-state index contributed by atoms with van der Waals surface area (Å²) in [5.74, 6) is 1.89. The molecule has 125 heavy (non-hydrogen) atoms. The van der Waals surface area contributed by atoms with Crippen LogP contribution in [0.4, 0.5) is 98.8 Å². The Balaban J connectivity index is 0.000000163. The van der Waals surface area contributed by atoms with Crippen LogP contribution in [0.2, 0.25) is 5.02 Å². The fraction of sp³-hybridized carbons (Fsp3) is 0.291. The lowest BCUT2D eigenvalue weighted by molar-refractivity contribution is -0.384. The lowest BCUT2D eigenvalue weighted by Gasteiger charge is -2.21. The standard InChI is InChI=1S/C24H28F3N6O2PS.C22H22ClN4OPS.C22H30N5O2P.C18H19N6O3P/c1-3-36(35,4-2)17-7-5-16(6-8-17)30-22-29-13-18(24(25,26)27)20(32-22)19-14-37-23(31-19)33-21(34)15-9-11-28-12-10-15;1-14-25-20-10-17(7-8-21(20)30-14)26-19-11-22(24-12-18(19)23)27-16-6-4-5-15(9-16)13-29(2,3)28;1-22(2,3)21-18(12-24-27-21)26-17-11-20(23-13-19(17)29-4)25-16-9-7-8-15(10-16)14-30(5,6)28;1-28(2,27)15-7-5-14(6-8-15)22-18-21-12-16(24(25)26)17(23-18)20-11-13-4-3-9-19-10-13/h5-8,13-15,28H,3-4,9-12H2,1-2H3,(H,29,30,32)(H,31,33,34);4-12H,13H2,1-3H3,(H2,24,26,27);7-13H,14H2,1-6H3,(H,24,27)(H2,23,25,26);3-10,12H,11H2,1-2H3,(H2,20,21,22,23). The smallest absolute Gasteiger partial charge is 0.420 e. The summed E-state index contributed by atoms with van der Waals surface area (Å²) in [4.78, 5) is 61.1. The number of aromatic nitrogens is 11. The Kier molecular flexibility index (Phi) is 31.4. The number of nitro groups is 1. The van der Waals surface area contributed by atoms with Crippen LogP contribution >= 0.6 is 62.8 Å². The third kappa shape index (κ3) is 27.6. The maximum Gasteiger partial charge on any atom is 0.420 e. The van der Waals surface area contributed by atoms with Crippen molar-refractivity contribution in [2.45, 2.75) is 84.8 Å². The van der Waals surface area contributed by atoms with E-state index in [4.69, 9.17) is 16.3 Å². The largest absolute Gasteiger partial charge is 0.493 e.